The van der Waals surface area contributed by atoms with Crippen LogP contribution < -0.4 is 0 Å². The van der Waals surface area contributed by atoms with Crippen molar-refractivity contribution in [2.24, 2.45) is 5.92 Å². The standard InChI is InChI=1S/C14H21BrO2S/c1-4-13(8-15)9-18(16,17)10-14-6-11(2)5-12(3)7-14/h5-7,13H,4,8-10H2,1-3H3. The summed E-state index contributed by atoms with van der Waals surface area (Å²) in [7, 11) is -3.02. The van der Waals surface area contributed by atoms with Gasteiger partial charge < -0.3 is 0 Å². The largest absolute Gasteiger partial charge is 0.228 e. The van der Waals surface area contributed by atoms with E-state index in [-0.39, 0.29) is 17.4 Å². The van der Waals surface area contributed by atoms with Crippen LogP contribution in [0.2, 0.25) is 0 Å². The van der Waals surface area contributed by atoms with Crippen LogP contribution in [0.1, 0.15) is 30.0 Å². The molecule has 0 bridgehead atoms. The fourth-order valence-electron chi connectivity index (χ4n) is 2.10. The number of rotatable bonds is 6. The molecule has 0 fully saturated rings. The second kappa shape index (κ2) is 6.71. The lowest BCUT2D eigenvalue weighted by atomic mass is 10.1. The summed E-state index contributed by atoms with van der Waals surface area (Å²) < 4.78 is 24.3. The van der Waals surface area contributed by atoms with Gasteiger partial charge >= 0.3 is 0 Å². The first-order valence-corrected chi connectivity index (χ1v) is 9.14. The molecule has 0 saturated carbocycles. The van der Waals surface area contributed by atoms with E-state index < -0.39 is 9.84 Å². The van der Waals surface area contributed by atoms with E-state index in [2.05, 4.69) is 22.0 Å². The predicted molar refractivity (Wildman–Crippen MR) is 81.0 cm³/mol. The van der Waals surface area contributed by atoms with Crippen molar-refractivity contribution in [3.05, 3.63) is 34.9 Å². The zero-order chi connectivity index (χ0) is 13.8. The van der Waals surface area contributed by atoms with Gasteiger partial charge in [0.05, 0.1) is 11.5 Å². The molecule has 1 rings (SSSR count). The zero-order valence-corrected chi connectivity index (χ0v) is 13.6. The Bertz CT molecular complexity index is 470. The molecule has 102 valence electrons. The molecule has 1 unspecified atom stereocenters. The monoisotopic (exact) mass is 332 g/mol. The Hall–Kier alpha value is -0.350. The van der Waals surface area contributed by atoms with E-state index >= 15 is 0 Å². The molecule has 18 heavy (non-hydrogen) atoms. The first-order chi connectivity index (χ1) is 8.36. The van der Waals surface area contributed by atoms with Crippen LogP contribution in [0, 0.1) is 19.8 Å². The van der Waals surface area contributed by atoms with E-state index in [1.54, 1.807) is 0 Å². The predicted octanol–water partition coefficient (Wildman–Crippen LogP) is 3.64. The first kappa shape index (κ1) is 15.7. The van der Waals surface area contributed by atoms with Gasteiger partial charge in [0.2, 0.25) is 0 Å². The smallest absolute Gasteiger partial charge is 0.154 e. The molecule has 1 aromatic carbocycles. The molecule has 0 aliphatic carbocycles. The van der Waals surface area contributed by atoms with Crippen molar-refractivity contribution in [1.82, 2.24) is 0 Å². The first-order valence-electron chi connectivity index (χ1n) is 6.20. The van der Waals surface area contributed by atoms with Gasteiger partial charge in [0.1, 0.15) is 0 Å². The number of alkyl halides is 1. The molecule has 0 amide bonds. The second-order valence-corrected chi connectivity index (χ2v) is 7.74. The van der Waals surface area contributed by atoms with Gasteiger partial charge in [-0.3, -0.25) is 0 Å². The van der Waals surface area contributed by atoms with Gasteiger partial charge in [-0.15, -0.1) is 0 Å². The summed E-state index contributed by atoms with van der Waals surface area (Å²) in [5.74, 6) is 0.627. The Morgan fingerprint density at radius 2 is 1.72 bits per heavy atom. The van der Waals surface area contributed by atoms with Crippen molar-refractivity contribution in [3.63, 3.8) is 0 Å². The van der Waals surface area contributed by atoms with Crippen molar-refractivity contribution in [2.75, 3.05) is 11.1 Å². The Kier molecular flexibility index (Phi) is 5.86. The summed E-state index contributed by atoms with van der Waals surface area (Å²) in [5, 5.41) is 0.746. The lowest BCUT2D eigenvalue weighted by Gasteiger charge is -2.12. The summed E-state index contributed by atoms with van der Waals surface area (Å²) in [6.07, 6.45) is 0.886. The summed E-state index contributed by atoms with van der Waals surface area (Å²) in [4.78, 5) is 0. The molecule has 0 radical (unpaired) electrons. The second-order valence-electron chi connectivity index (χ2n) is 4.98. The number of aryl methyl sites for hydroxylation is 2. The fraction of sp³-hybridized carbons (Fsp3) is 0.571. The molecule has 1 aromatic rings. The number of hydrogen-bond donors (Lipinski definition) is 0. The summed E-state index contributed by atoms with van der Waals surface area (Å²) >= 11 is 3.37. The molecule has 0 saturated heterocycles. The molecule has 0 aliphatic heterocycles. The van der Waals surface area contributed by atoms with Crippen LogP contribution >= 0.6 is 15.9 Å². The number of benzene rings is 1. The van der Waals surface area contributed by atoms with Gasteiger partial charge in [0.25, 0.3) is 0 Å². The molecule has 0 heterocycles. The SMILES string of the molecule is CCC(CBr)CS(=O)(=O)Cc1cc(C)cc(C)c1. The highest BCUT2D eigenvalue weighted by Crippen LogP contribution is 2.16. The summed E-state index contributed by atoms with van der Waals surface area (Å²) in [6.45, 7) is 6.02. The molecule has 0 N–H and O–H groups in total. The minimum atomic E-state index is -3.02. The van der Waals surface area contributed by atoms with Crippen LogP contribution in [0.3, 0.4) is 0 Å². The van der Waals surface area contributed by atoms with Crippen LogP contribution in [0.25, 0.3) is 0 Å². The van der Waals surface area contributed by atoms with Gasteiger partial charge in [0, 0.05) is 5.33 Å². The number of halogens is 1. The van der Waals surface area contributed by atoms with Crippen LogP contribution in [0.4, 0.5) is 0 Å². The van der Waals surface area contributed by atoms with E-state index in [9.17, 15) is 8.42 Å². The lowest BCUT2D eigenvalue weighted by Crippen LogP contribution is -2.18. The van der Waals surface area contributed by atoms with Gasteiger partial charge in [-0.1, -0.05) is 58.6 Å². The number of sulfone groups is 1. The minimum Gasteiger partial charge on any atom is -0.228 e. The quantitative estimate of drug-likeness (QED) is 0.745. The van der Waals surface area contributed by atoms with E-state index in [0.717, 1.165) is 28.4 Å². The highest BCUT2D eigenvalue weighted by molar-refractivity contribution is 9.09. The topological polar surface area (TPSA) is 34.1 Å². The highest BCUT2D eigenvalue weighted by atomic mass is 79.9. The zero-order valence-electron chi connectivity index (χ0n) is 11.2. The van der Waals surface area contributed by atoms with E-state index in [1.807, 2.05) is 32.9 Å². The van der Waals surface area contributed by atoms with E-state index in [0.29, 0.717) is 0 Å². The maximum absolute atomic E-state index is 12.1. The molecular formula is C14H21BrO2S. The summed E-state index contributed by atoms with van der Waals surface area (Å²) in [6, 6.07) is 5.97. The van der Waals surface area contributed by atoms with Crippen LogP contribution in [0.15, 0.2) is 18.2 Å². The Labute approximate surface area is 119 Å². The van der Waals surface area contributed by atoms with Crippen molar-refractivity contribution >= 4 is 25.8 Å². The Morgan fingerprint density at radius 3 is 2.17 bits per heavy atom. The third-order valence-corrected chi connectivity index (χ3v) is 5.62. The van der Waals surface area contributed by atoms with Crippen LogP contribution in [-0.2, 0) is 15.6 Å². The van der Waals surface area contributed by atoms with Gasteiger partial charge in [-0.05, 0) is 25.3 Å². The lowest BCUT2D eigenvalue weighted by molar-refractivity contribution is 0.568. The summed E-state index contributed by atoms with van der Waals surface area (Å²) in [5.41, 5.74) is 3.14. The third kappa shape index (κ3) is 5.11. The Balaban J connectivity index is 2.82. The van der Waals surface area contributed by atoms with Crippen molar-refractivity contribution in [3.8, 4) is 0 Å². The van der Waals surface area contributed by atoms with Crippen molar-refractivity contribution in [2.45, 2.75) is 32.9 Å². The number of hydrogen-bond acceptors (Lipinski definition) is 2. The maximum atomic E-state index is 12.1. The fourth-order valence-corrected chi connectivity index (χ4v) is 4.95. The highest BCUT2D eigenvalue weighted by Gasteiger charge is 2.18. The molecule has 0 aliphatic rings. The van der Waals surface area contributed by atoms with E-state index in [1.165, 1.54) is 0 Å². The average molecular weight is 333 g/mol. The molecule has 4 heteroatoms. The molecule has 1 atom stereocenters. The van der Waals surface area contributed by atoms with Crippen molar-refractivity contribution < 1.29 is 8.42 Å². The average Bonchev–Trinajstić information content (AvgIpc) is 2.23. The molecular weight excluding hydrogens is 312 g/mol. The normalized spacial score (nSPS) is 13.6. The minimum absolute atomic E-state index is 0.152. The van der Waals surface area contributed by atoms with Gasteiger partial charge in [0.15, 0.2) is 9.84 Å². The van der Waals surface area contributed by atoms with Crippen LogP contribution in [-0.4, -0.2) is 19.5 Å². The molecule has 2 nitrogen and oxygen atoms in total. The van der Waals surface area contributed by atoms with Crippen LogP contribution in [0.5, 0.6) is 0 Å². The molecule has 0 aromatic heterocycles. The third-order valence-electron chi connectivity index (χ3n) is 2.95. The maximum Gasteiger partial charge on any atom is 0.154 e. The van der Waals surface area contributed by atoms with Crippen molar-refractivity contribution in [1.29, 1.82) is 0 Å². The van der Waals surface area contributed by atoms with Gasteiger partial charge in [-0.2, -0.15) is 0 Å². The molecule has 0 spiro atoms. The van der Waals surface area contributed by atoms with Gasteiger partial charge in [-0.25, -0.2) is 8.42 Å². The van der Waals surface area contributed by atoms with E-state index in [4.69, 9.17) is 0 Å². The Morgan fingerprint density at radius 1 is 1.17 bits per heavy atom.